The van der Waals surface area contributed by atoms with Crippen LogP contribution in [0.15, 0.2) is 18.2 Å². The molecule has 5 N–H and O–H groups in total. The molecule has 1 aromatic heterocycles. The number of hydrogen-bond acceptors (Lipinski definition) is 9. The quantitative estimate of drug-likeness (QED) is 0.275. The SMILES string of the molecule is CNCCS(=O)(=O)N1CCC(Nc2nc(N)c(C(=O)c3c(F)cccc3F)s2)CC1.O=C(O)C(F)(F)F. The molecule has 0 amide bonds. The number of halogens is 5. The molecule has 1 fully saturated rings. The van der Waals surface area contributed by atoms with E-state index in [4.69, 9.17) is 15.6 Å². The maximum atomic E-state index is 13.9. The number of benzene rings is 1. The molecule has 17 heteroatoms. The highest BCUT2D eigenvalue weighted by atomic mass is 32.2. The van der Waals surface area contributed by atoms with Gasteiger partial charge in [0, 0.05) is 25.7 Å². The average Bonchev–Trinajstić information content (AvgIpc) is 3.17. The third kappa shape index (κ3) is 8.31. The molecule has 1 saturated heterocycles. The number of hydrogen-bond donors (Lipinski definition) is 4. The number of anilines is 2. The Bertz CT molecular complexity index is 1190. The van der Waals surface area contributed by atoms with Gasteiger partial charge in [-0.05, 0) is 32.0 Å². The Morgan fingerprint density at radius 1 is 1.22 bits per heavy atom. The molecule has 206 valence electrons. The highest BCUT2D eigenvalue weighted by Crippen LogP contribution is 2.30. The summed E-state index contributed by atoms with van der Waals surface area (Å²) in [5.41, 5.74) is 5.14. The first kappa shape index (κ1) is 30.3. The van der Waals surface area contributed by atoms with Crippen molar-refractivity contribution in [2.75, 3.05) is 43.5 Å². The lowest BCUT2D eigenvalue weighted by atomic mass is 10.1. The molecule has 10 nitrogen and oxygen atoms in total. The predicted octanol–water partition coefficient (Wildman–Crippen LogP) is 2.29. The second kappa shape index (κ2) is 12.6. The average molecular weight is 574 g/mol. The molecule has 0 spiro atoms. The molecule has 0 saturated carbocycles. The van der Waals surface area contributed by atoms with Crippen molar-refractivity contribution in [3.8, 4) is 0 Å². The number of nitrogens with zero attached hydrogens (tertiary/aromatic N) is 2. The Kier molecular flexibility index (Phi) is 10.3. The van der Waals surface area contributed by atoms with Gasteiger partial charge in [0.1, 0.15) is 22.3 Å². The van der Waals surface area contributed by atoms with Crippen LogP contribution in [0.5, 0.6) is 0 Å². The first-order valence-electron chi connectivity index (χ1n) is 10.6. The zero-order chi connectivity index (χ0) is 28.0. The molecular formula is C20H24F5N5O5S2. The molecule has 0 unspecified atom stereocenters. The summed E-state index contributed by atoms with van der Waals surface area (Å²) < 4.78 is 85.6. The van der Waals surface area contributed by atoms with E-state index < -0.39 is 45.2 Å². The van der Waals surface area contributed by atoms with Crippen molar-refractivity contribution < 1.29 is 45.1 Å². The van der Waals surface area contributed by atoms with E-state index in [-0.39, 0.29) is 22.5 Å². The number of aliphatic carboxylic acids is 1. The number of ketones is 1. The molecule has 0 radical (unpaired) electrons. The third-order valence-electron chi connectivity index (χ3n) is 5.08. The van der Waals surface area contributed by atoms with Crippen molar-refractivity contribution >= 4 is 44.1 Å². The first-order chi connectivity index (χ1) is 17.2. The van der Waals surface area contributed by atoms with Gasteiger partial charge in [0.25, 0.3) is 0 Å². The van der Waals surface area contributed by atoms with Crippen LogP contribution in [0, 0.1) is 11.6 Å². The van der Waals surface area contributed by atoms with Crippen LogP contribution >= 0.6 is 11.3 Å². The normalized spacial score (nSPS) is 15.1. The van der Waals surface area contributed by atoms with E-state index in [2.05, 4.69) is 15.6 Å². The molecular weight excluding hydrogens is 549 g/mol. The van der Waals surface area contributed by atoms with Crippen molar-refractivity contribution in [3.05, 3.63) is 40.3 Å². The fourth-order valence-electron chi connectivity index (χ4n) is 3.20. The zero-order valence-corrected chi connectivity index (χ0v) is 20.9. The number of aromatic nitrogens is 1. The maximum Gasteiger partial charge on any atom is 0.490 e. The second-order valence-corrected chi connectivity index (χ2v) is 10.8. The Labute approximate surface area is 212 Å². The lowest BCUT2D eigenvalue weighted by Crippen LogP contribution is -2.44. The van der Waals surface area contributed by atoms with E-state index in [9.17, 15) is 35.2 Å². The van der Waals surface area contributed by atoms with Crippen molar-refractivity contribution in [3.63, 3.8) is 0 Å². The molecule has 0 bridgehead atoms. The number of rotatable bonds is 8. The Hall–Kier alpha value is -2.89. The minimum absolute atomic E-state index is 0.0443. The molecule has 3 rings (SSSR count). The summed E-state index contributed by atoms with van der Waals surface area (Å²) in [5, 5.41) is 13.5. The minimum Gasteiger partial charge on any atom is -0.475 e. The van der Waals surface area contributed by atoms with E-state index in [1.54, 1.807) is 7.05 Å². The fraction of sp³-hybridized carbons (Fsp3) is 0.450. The van der Waals surface area contributed by atoms with Gasteiger partial charge >= 0.3 is 12.1 Å². The third-order valence-corrected chi connectivity index (χ3v) is 7.95. The zero-order valence-electron chi connectivity index (χ0n) is 19.3. The topological polar surface area (TPSA) is 155 Å². The van der Waals surface area contributed by atoms with Gasteiger partial charge in [-0.2, -0.15) is 13.2 Å². The summed E-state index contributed by atoms with van der Waals surface area (Å²) >= 11 is 0.921. The smallest absolute Gasteiger partial charge is 0.475 e. The van der Waals surface area contributed by atoms with Gasteiger partial charge in [0.2, 0.25) is 15.8 Å². The number of carbonyl (C=O) groups is 2. The molecule has 37 heavy (non-hydrogen) atoms. The number of piperidine rings is 1. The minimum atomic E-state index is -5.08. The summed E-state index contributed by atoms with van der Waals surface area (Å²) in [4.78, 5) is 25.5. The van der Waals surface area contributed by atoms with E-state index >= 15 is 0 Å². The van der Waals surface area contributed by atoms with Crippen LogP contribution in [0.1, 0.15) is 28.1 Å². The van der Waals surface area contributed by atoms with Gasteiger partial charge in [-0.25, -0.2) is 31.3 Å². The Morgan fingerprint density at radius 2 is 1.76 bits per heavy atom. The molecule has 1 aromatic carbocycles. The molecule has 1 aliphatic heterocycles. The summed E-state index contributed by atoms with van der Waals surface area (Å²) in [5.74, 6) is -5.61. The lowest BCUT2D eigenvalue weighted by molar-refractivity contribution is -0.192. The highest BCUT2D eigenvalue weighted by Gasteiger charge is 2.38. The van der Waals surface area contributed by atoms with Crippen LogP contribution in [-0.2, 0) is 14.8 Å². The Morgan fingerprint density at radius 3 is 2.24 bits per heavy atom. The van der Waals surface area contributed by atoms with Crippen LogP contribution in [-0.4, -0.2) is 79.2 Å². The number of sulfonamides is 1. The van der Waals surface area contributed by atoms with Crippen molar-refractivity contribution in [1.82, 2.24) is 14.6 Å². The van der Waals surface area contributed by atoms with Crippen molar-refractivity contribution in [2.45, 2.75) is 25.1 Å². The van der Waals surface area contributed by atoms with Crippen LogP contribution in [0.4, 0.5) is 32.9 Å². The van der Waals surface area contributed by atoms with Crippen molar-refractivity contribution in [2.24, 2.45) is 0 Å². The van der Waals surface area contributed by atoms with Crippen LogP contribution in [0.2, 0.25) is 0 Å². The van der Waals surface area contributed by atoms with Gasteiger partial charge < -0.3 is 21.5 Å². The second-order valence-electron chi connectivity index (χ2n) is 7.70. The molecule has 1 aliphatic rings. The monoisotopic (exact) mass is 573 g/mol. The Balaban J connectivity index is 0.000000604. The number of thiazole rings is 1. The largest absolute Gasteiger partial charge is 0.490 e. The van der Waals surface area contributed by atoms with Gasteiger partial charge in [0.05, 0.1) is 11.3 Å². The van der Waals surface area contributed by atoms with Gasteiger partial charge in [-0.1, -0.05) is 17.4 Å². The van der Waals surface area contributed by atoms with Crippen LogP contribution in [0.25, 0.3) is 0 Å². The molecule has 2 aromatic rings. The predicted molar refractivity (Wildman–Crippen MR) is 126 cm³/mol. The van der Waals surface area contributed by atoms with Gasteiger partial charge in [-0.3, -0.25) is 4.79 Å². The van der Waals surface area contributed by atoms with Gasteiger partial charge in [-0.15, -0.1) is 0 Å². The number of nitrogen functional groups attached to an aromatic ring is 1. The van der Waals surface area contributed by atoms with E-state index in [0.717, 1.165) is 23.5 Å². The highest BCUT2D eigenvalue weighted by molar-refractivity contribution is 7.89. The number of nitrogens with two attached hydrogens (primary N) is 1. The molecule has 0 aliphatic carbocycles. The lowest BCUT2D eigenvalue weighted by Gasteiger charge is -2.31. The van der Waals surface area contributed by atoms with Crippen LogP contribution in [0.3, 0.4) is 0 Å². The first-order valence-corrected chi connectivity index (χ1v) is 13.0. The standard InChI is InChI=1S/C18H23F2N5O3S2.C2HF3O2/c1-22-7-10-30(27,28)25-8-5-11(6-9-25)23-18-24-17(21)16(29-18)15(26)14-12(19)3-2-4-13(14)20;3-2(4,5)1(6)7/h2-4,11,22H,5-10,21H2,1H3,(H,23,24);(H,6,7). The summed E-state index contributed by atoms with van der Waals surface area (Å²) in [6.07, 6.45) is -3.97. The molecule has 2 heterocycles. The fourth-order valence-corrected chi connectivity index (χ4v) is 5.59. The van der Waals surface area contributed by atoms with E-state index in [1.165, 1.54) is 10.4 Å². The number of carbonyl (C=O) groups excluding carboxylic acids is 1. The number of alkyl halides is 3. The van der Waals surface area contributed by atoms with Crippen molar-refractivity contribution in [1.29, 1.82) is 0 Å². The summed E-state index contributed by atoms with van der Waals surface area (Å²) in [6, 6.07) is 3.13. The van der Waals surface area contributed by atoms with E-state index in [0.29, 0.717) is 37.6 Å². The summed E-state index contributed by atoms with van der Waals surface area (Å²) in [6.45, 7) is 1.13. The van der Waals surface area contributed by atoms with E-state index in [1.807, 2.05) is 0 Å². The van der Waals surface area contributed by atoms with Crippen LogP contribution < -0.4 is 16.4 Å². The number of carboxylic acids is 1. The molecule has 0 atom stereocenters. The van der Waals surface area contributed by atoms with Gasteiger partial charge in [0.15, 0.2) is 5.13 Å². The number of carboxylic acid groups (broad SMARTS) is 1. The summed E-state index contributed by atoms with van der Waals surface area (Å²) in [7, 11) is -1.60. The maximum absolute atomic E-state index is 13.9. The number of nitrogens with one attached hydrogen (secondary N) is 2.